The molecule has 128 valence electrons. The predicted octanol–water partition coefficient (Wildman–Crippen LogP) is 2.82. The van der Waals surface area contributed by atoms with Gasteiger partial charge in [-0.15, -0.1) is 0 Å². The van der Waals surface area contributed by atoms with Crippen molar-refractivity contribution in [3.05, 3.63) is 41.0 Å². The van der Waals surface area contributed by atoms with E-state index in [-0.39, 0.29) is 18.1 Å². The first kappa shape index (κ1) is 16.3. The first-order valence-corrected chi connectivity index (χ1v) is 8.11. The molecule has 7 nitrogen and oxygen atoms in total. The number of benzene rings is 1. The van der Waals surface area contributed by atoms with Crippen LogP contribution in [0.15, 0.2) is 22.7 Å². The zero-order chi connectivity index (χ0) is 17.1. The van der Waals surface area contributed by atoms with Crippen LogP contribution in [0.4, 0.5) is 4.79 Å². The minimum absolute atomic E-state index is 0.0273. The van der Waals surface area contributed by atoms with E-state index in [0.717, 1.165) is 30.6 Å². The summed E-state index contributed by atoms with van der Waals surface area (Å²) < 4.78 is 10.4. The Labute approximate surface area is 140 Å². The molecule has 7 heteroatoms. The van der Waals surface area contributed by atoms with Crippen molar-refractivity contribution in [1.82, 2.24) is 20.8 Å². The van der Waals surface area contributed by atoms with Crippen LogP contribution in [0.3, 0.4) is 0 Å². The van der Waals surface area contributed by atoms with Gasteiger partial charge in [0.15, 0.2) is 5.82 Å². The third-order valence-corrected chi connectivity index (χ3v) is 4.23. The van der Waals surface area contributed by atoms with E-state index in [1.165, 1.54) is 5.56 Å². The number of methoxy groups -OCH3 is 1. The van der Waals surface area contributed by atoms with Crippen LogP contribution < -0.4 is 15.4 Å². The highest BCUT2D eigenvalue weighted by molar-refractivity contribution is 5.75. The molecule has 2 atom stereocenters. The molecule has 0 saturated carbocycles. The molecule has 0 aliphatic heterocycles. The summed E-state index contributed by atoms with van der Waals surface area (Å²) >= 11 is 0. The number of hydrogen-bond donors (Lipinski definition) is 2. The van der Waals surface area contributed by atoms with Crippen LogP contribution >= 0.6 is 0 Å². The Morgan fingerprint density at radius 1 is 1.46 bits per heavy atom. The van der Waals surface area contributed by atoms with Gasteiger partial charge in [-0.3, -0.25) is 0 Å². The predicted molar refractivity (Wildman–Crippen MR) is 87.8 cm³/mol. The second-order valence-electron chi connectivity index (χ2n) is 6.03. The van der Waals surface area contributed by atoms with Gasteiger partial charge in [-0.05, 0) is 56.4 Å². The Kier molecular flexibility index (Phi) is 4.69. The summed E-state index contributed by atoms with van der Waals surface area (Å²) in [7, 11) is 1.65. The van der Waals surface area contributed by atoms with Gasteiger partial charge in [0.2, 0.25) is 5.89 Å². The Morgan fingerprint density at radius 2 is 2.29 bits per heavy atom. The van der Waals surface area contributed by atoms with Crippen LogP contribution in [-0.2, 0) is 6.42 Å². The molecule has 2 amide bonds. The fourth-order valence-electron chi connectivity index (χ4n) is 3.00. The van der Waals surface area contributed by atoms with Crippen molar-refractivity contribution in [3.8, 4) is 5.75 Å². The molecular formula is C17H22N4O3. The first-order chi connectivity index (χ1) is 11.6. The zero-order valence-corrected chi connectivity index (χ0v) is 14.1. The molecule has 1 aliphatic carbocycles. The van der Waals surface area contributed by atoms with Crippen molar-refractivity contribution in [2.24, 2.45) is 0 Å². The molecule has 1 aromatic carbocycles. The molecule has 0 bridgehead atoms. The maximum atomic E-state index is 12.3. The topological polar surface area (TPSA) is 89.3 Å². The largest absolute Gasteiger partial charge is 0.497 e. The van der Waals surface area contributed by atoms with Gasteiger partial charge in [0, 0.05) is 0 Å². The van der Waals surface area contributed by atoms with E-state index in [1.807, 2.05) is 19.1 Å². The lowest BCUT2D eigenvalue weighted by molar-refractivity contribution is 0.229. The second-order valence-corrected chi connectivity index (χ2v) is 6.03. The zero-order valence-electron chi connectivity index (χ0n) is 14.1. The maximum Gasteiger partial charge on any atom is 0.315 e. The fraction of sp³-hybridized carbons (Fsp3) is 0.471. The minimum atomic E-state index is -0.348. The van der Waals surface area contributed by atoms with E-state index in [4.69, 9.17) is 9.26 Å². The third-order valence-electron chi connectivity index (χ3n) is 4.23. The number of rotatable bonds is 4. The quantitative estimate of drug-likeness (QED) is 0.900. The number of aromatic nitrogens is 2. The van der Waals surface area contributed by atoms with Crippen LogP contribution in [-0.4, -0.2) is 23.3 Å². The molecule has 2 N–H and O–H groups in total. The van der Waals surface area contributed by atoms with E-state index >= 15 is 0 Å². The number of urea groups is 1. The molecule has 3 rings (SSSR count). The minimum Gasteiger partial charge on any atom is -0.497 e. The van der Waals surface area contributed by atoms with E-state index in [1.54, 1.807) is 14.0 Å². The molecule has 1 aliphatic rings. The van der Waals surface area contributed by atoms with Crippen molar-refractivity contribution in [1.29, 1.82) is 0 Å². The van der Waals surface area contributed by atoms with Gasteiger partial charge < -0.3 is 19.9 Å². The number of hydrogen-bond acceptors (Lipinski definition) is 5. The Morgan fingerprint density at radius 3 is 3.00 bits per heavy atom. The van der Waals surface area contributed by atoms with E-state index in [2.05, 4.69) is 26.8 Å². The number of fused-ring (bicyclic) bond motifs is 1. The molecular weight excluding hydrogens is 308 g/mol. The number of nitrogens with zero attached hydrogens (tertiary/aromatic N) is 2. The van der Waals surface area contributed by atoms with Crippen molar-refractivity contribution in [2.75, 3.05) is 7.11 Å². The lowest BCUT2D eigenvalue weighted by atomic mass is 9.87. The Balaban J connectivity index is 1.67. The van der Waals surface area contributed by atoms with Crippen LogP contribution in [0.5, 0.6) is 5.75 Å². The molecule has 0 spiro atoms. The normalized spacial score (nSPS) is 17.7. The summed E-state index contributed by atoms with van der Waals surface area (Å²) in [4.78, 5) is 16.5. The Bertz CT molecular complexity index is 728. The van der Waals surface area contributed by atoms with Crippen LogP contribution in [0.25, 0.3) is 0 Å². The molecule has 1 heterocycles. The number of amides is 2. The van der Waals surface area contributed by atoms with Crippen molar-refractivity contribution < 1.29 is 14.1 Å². The van der Waals surface area contributed by atoms with Gasteiger partial charge in [-0.1, -0.05) is 11.2 Å². The van der Waals surface area contributed by atoms with Crippen LogP contribution in [0, 0.1) is 6.92 Å². The van der Waals surface area contributed by atoms with Gasteiger partial charge in [-0.25, -0.2) is 4.79 Å². The van der Waals surface area contributed by atoms with Crippen LogP contribution in [0.2, 0.25) is 0 Å². The number of carbonyl (C=O) groups is 1. The lowest BCUT2D eigenvalue weighted by Gasteiger charge is -2.27. The summed E-state index contributed by atoms with van der Waals surface area (Å²) in [6.45, 7) is 3.55. The average Bonchev–Trinajstić information content (AvgIpc) is 3.01. The second kappa shape index (κ2) is 6.90. The summed E-state index contributed by atoms with van der Waals surface area (Å²) in [6, 6.07) is 5.41. The fourth-order valence-corrected chi connectivity index (χ4v) is 3.00. The maximum absolute atomic E-state index is 12.3. The smallest absolute Gasteiger partial charge is 0.315 e. The SMILES string of the molecule is COc1ccc2c(c1)[C@@H](NC(=O)NC(C)c1nc(C)no1)CCC2. The lowest BCUT2D eigenvalue weighted by Crippen LogP contribution is -2.40. The monoisotopic (exact) mass is 330 g/mol. The van der Waals surface area contributed by atoms with Gasteiger partial charge in [-0.2, -0.15) is 4.98 Å². The van der Waals surface area contributed by atoms with Gasteiger partial charge in [0.25, 0.3) is 0 Å². The van der Waals surface area contributed by atoms with Gasteiger partial charge in [0.1, 0.15) is 11.8 Å². The van der Waals surface area contributed by atoms with Crippen molar-refractivity contribution in [3.63, 3.8) is 0 Å². The van der Waals surface area contributed by atoms with E-state index in [9.17, 15) is 4.79 Å². The molecule has 1 unspecified atom stereocenters. The van der Waals surface area contributed by atoms with Crippen LogP contribution in [0.1, 0.15) is 54.7 Å². The first-order valence-electron chi connectivity index (χ1n) is 8.11. The molecule has 1 aromatic heterocycles. The highest BCUT2D eigenvalue weighted by atomic mass is 16.5. The number of carbonyl (C=O) groups excluding carboxylic acids is 1. The Hall–Kier alpha value is -2.57. The summed E-state index contributed by atoms with van der Waals surface area (Å²) in [5.74, 6) is 1.75. The molecule has 0 fully saturated rings. The molecule has 2 aromatic rings. The van der Waals surface area contributed by atoms with E-state index in [0.29, 0.717) is 11.7 Å². The average molecular weight is 330 g/mol. The summed E-state index contributed by atoms with van der Waals surface area (Å²) in [5.41, 5.74) is 2.38. The van der Waals surface area contributed by atoms with E-state index < -0.39 is 0 Å². The number of nitrogens with one attached hydrogen (secondary N) is 2. The van der Waals surface area contributed by atoms with Gasteiger partial charge >= 0.3 is 6.03 Å². The van der Waals surface area contributed by atoms with Crippen molar-refractivity contribution in [2.45, 2.75) is 45.2 Å². The molecule has 0 saturated heterocycles. The number of ether oxygens (including phenoxy) is 1. The summed E-state index contributed by atoms with van der Waals surface area (Å²) in [6.07, 6.45) is 2.97. The van der Waals surface area contributed by atoms with Gasteiger partial charge in [0.05, 0.1) is 13.2 Å². The van der Waals surface area contributed by atoms with Crippen molar-refractivity contribution >= 4 is 6.03 Å². The highest BCUT2D eigenvalue weighted by Crippen LogP contribution is 2.32. The third kappa shape index (κ3) is 3.50. The molecule has 24 heavy (non-hydrogen) atoms. The molecule has 0 radical (unpaired) electrons. The standard InChI is InChI=1S/C17H22N4O3/c1-10(16-19-11(2)21-24-16)18-17(22)20-15-6-4-5-12-7-8-13(23-3)9-14(12)15/h7-10,15H,4-6H2,1-3H3,(H2,18,20,22)/t10?,15-/m0/s1. The number of aryl methyl sites for hydroxylation is 2. The highest BCUT2D eigenvalue weighted by Gasteiger charge is 2.24. The summed E-state index contributed by atoms with van der Waals surface area (Å²) in [5, 5.41) is 9.61.